The van der Waals surface area contributed by atoms with Gasteiger partial charge in [-0.05, 0) is 23.0 Å². The third-order valence-corrected chi connectivity index (χ3v) is 5.06. The van der Waals surface area contributed by atoms with Crippen LogP contribution < -0.4 is 5.56 Å². The van der Waals surface area contributed by atoms with Gasteiger partial charge in [0.25, 0.3) is 5.56 Å². The molecule has 0 amide bonds. The molecule has 1 fully saturated rings. The molecule has 1 saturated heterocycles. The standard InChI is InChI=1S/C13H20BrN3OS/c1-13(2,3)10-9(14)12(18)16-11(15-10)8-7-19-6-5-17(8)4/h8H,5-7H2,1-4H3,(H,15,16,18). The lowest BCUT2D eigenvalue weighted by Gasteiger charge is -2.32. The molecule has 2 rings (SSSR count). The van der Waals surface area contributed by atoms with Gasteiger partial charge >= 0.3 is 0 Å². The zero-order valence-electron chi connectivity index (χ0n) is 11.8. The molecule has 1 unspecified atom stereocenters. The molecule has 19 heavy (non-hydrogen) atoms. The molecular weight excluding hydrogens is 326 g/mol. The first-order valence-electron chi connectivity index (χ1n) is 6.39. The molecule has 6 heteroatoms. The average molecular weight is 346 g/mol. The minimum atomic E-state index is -0.151. The quantitative estimate of drug-likeness (QED) is 0.849. The fourth-order valence-corrected chi connectivity index (χ4v) is 4.11. The van der Waals surface area contributed by atoms with E-state index in [9.17, 15) is 4.79 Å². The Hall–Kier alpha value is -0.330. The Morgan fingerprint density at radius 2 is 2.16 bits per heavy atom. The number of rotatable bonds is 1. The lowest BCUT2D eigenvalue weighted by atomic mass is 9.92. The van der Waals surface area contributed by atoms with E-state index in [1.54, 1.807) is 0 Å². The molecule has 0 radical (unpaired) electrons. The lowest BCUT2D eigenvalue weighted by molar-refractivity contribution is 0.263. The smallest absolute Gasteiger partial charge is 0.265 e. The number of aromatic amines is 1. The SMILES string of the molecule is CN1CCSCC1c1nc(C(C)(C)C)c(Br)c(=O)[nH]1. The number of nitrogens with zero attached hydrogens (tertiary/aromatic N) is 2. The predicted octanol–water partition coefficient (Wildman–Crippen LogP) is 2.55. The monoisotopic (exact) mass is 345 g/mol. The number of nitrogens with one attached hydrogen (secondary N) is 1. The summed E-state index contributed by atoms with van der Waals surface area (Å²) in [4.78, 5) is 22.0. The van der Waals surface area contributed by atoms with Crippen LogP contribution in [-0.2, 0) is 5.41 Å². The Morgan fingerprint density at radius 3 is 2.74 bits per heavy atom. The molecule has 4 nitrogen and oxygen atoms in total. The van der Waals surface area contributed by atoms with E-state index in [1.165, 1.54) is 0 Å². The van der Waals surface area contributed by atoms with Gasteiger partial charge in [0, 0.05) is 23.5 Å². The third-order valence-electron chi connectivity index (χ3n) is 3.30. The van der Waals surface area contributed by atoms with Gasteiger partial charge in [0.05, 0.1) is 11.7 Å². The van der Waals surface area contributed by atoms with Crippen molar-refractivity contribution in [3.05, 3.63) is 26.3 Å². The normalized spacial score (nSPS) is 21.6. The fourth-order valence-electron chi connectivity index (χ4n) is 2.11. The molecule has 1 aromatic rings. The van der Waals surface area contributed by atoms with E-state index in [0.717, 1.165) is 29.6 Å². The molecule has 106 valence electrons. The van der Waals surface area contributed by atoms with Gasteiger partial charge in [-0.3, -0.25) is 9.69 Å². The molecule has 0 saturated carbocycles. The van der Waals surface area contributed by atoms with Crippen molar-refractivity contribution in [3.63, 3.8) is 0 Å². The van der Waals surface area contributed by atoms with Crippen molar-refractivity contribution >= 4 is 27.7 Å². The molecule has 1 N–H and O–H groups in total. The number of thioether (sulfide) groups is 1. The molecule has 0 aromatic carbocycles. The Kier molecular flexibility index (Phi) is 4.42. The first-order valence-corrected chi connectivity index (χ1v) is 8.33. The summed E-state index contributed by atoms with van der Waals surface area (Å²) in [6.07, 6.45) is 0. The van der Waals surface area contributed by atoms with E-state index in [4.69, 9.17) is 4.98 Å². The van der Waals surface area contributed by atoms with Gasteiger partial charge in [-0.2, -0.15) is 11.8 Å². The summed E-state index contributed by atoms with van der Waals surface area (Å²) in [5.74, 6) is 2.90. The maximum absolute atomic E-state index is 12.1. The van der Waals surface area contributed by atoms with Crippen molar-refractivity contribution in [1.82, 2.24) is 14.9 Å². The summed E-state index contributed by atoms with van der Waals surface area (Å²) in [6, 6.07) is 0.195. The first-order chi connectivity index (χ1) is 8.80. The molecule has 0 spiro atoms. The van der Waals surface area contributed by atoms with Crippen LogP contribution in [0.1, 0.15) is 38.3 Å². The summed E-state index contributed by atoms with van der Waals surface area (Å²) in [5.41, 5.74) is 0.594. The van der Waals surface area contributed by atoms with Gasteiger partial charge in [-0.25, -0.2) is 4.98 Å². The number of aromatic nitrogens is 2. The van der Waals surface area contributed by atoms with Crippen molar-refractivity contribution < 1.29 is 0 Å². The van der Waals surface area contributed by atoms with Crippen LogP contribution in [0.4, 0.5) is 0 Å². The number of halogens is 1. The van der Waals surface area contributed by atoms with Crippen LogP contribution in [0.15, 0.2) is 9.27 Å². The number of hydrogen-bond acceptors (Lipinski definition) is 4. The zero-order chi connectivity index (χ0) is 14.2. The van der Waals surface area contributed by atoms with Gasteiger partial charge in [-0.1, -0.05) is 20.8 Å². The minimum absolute atomic E-state index is 0.0844. The van der Waals surface area contributed by atoms with Crippen LogP contribution in [0.5, 0.6) is 0 Å². The Bertz CT molecular complexity index is 524. The fraction of sp³-hybridized carbons (Fsp3) is 0.692. The van der Waals surface area contributed by atoms with Gasteiger partial charge in [0.2, 0.25) is 0 Å². The molecule has 1 aromatic heterocycles. The Labute approximate surface area is 126 Å². The highest BCUT2D eigenvalue weighted by molar-refractivity contribution is 9.10. The van der Waals surface area contributed by atoms with Crippen LogP contribution in [0.25, 0.3) is 0 Å². The lowest BCUT2D eigenvalue weighted by Crippen LogP contribution is -2.36. The molecule has 1 aliphatic heterocycles. The largest absolute Gasteiger partial charge is 0.308 e. The topological polar surface area (TPSA) is 49.0 Å². The Balaban J connectivity index is 2.47. The molecule has 0 bridgehead atoms. The zero-order valence-corrected chi connectivity index (χ0v) is 14.2. The van der Waals surface area contributed by atoms with E-state index < -0.39 is 0 Å². The molecule has 2 heterocycles. The van der Waals surface area contributed by atoms with Crippen LogP contribution in [-0.4, -0.2) is 40.0 Å². The van der Waals surface area contributed by atoms with Crippen molar-refractivity contribution in [2.75, 3.05) is 25.1 Å². The van der Waals surface area contributed by atoms with E-state index >= 15 is 0 Å². The van der Waals surface area contributed by atoms with Crippen LogP contribution in [0.2, 0.25) is 0 Å². The van der Waals surface area contributed by atoms with Gasteiger partial charge < -0.3 is 4.98 Å². The van der Waals surface area contributed by atoms with Crippen molar-refractivity contribution in [3.8, 4) is 0 Å². The van der Waals surface area contributed by atoms with Crippen LogP contribution in [0.3, 0.4) is 0 Å². The highest BCUT2D eigenvalue weighted by atomic mass is 79.9. The minimum Gasteiger partial charge on any atom is -0.308 e. The number of hydrogen-bond donors (Lipinski definition) is 1. The van der Waals surface area contributed by atoms with E-state index in [2.05, 4.69) is 53.6 Å². The number of H-pyrrole nitrogens is 1. The summed E-state index contributed by atoms with van der Waals surface area (Å²) >= 11 is 5.27. The van der Waals surface area contributed by atoms with Crippen molar-refractivity contribution in [1.29, 1.82) is 0 Å². The third kappa shape index (κ3) is 3.23. The highest BCUT2D eigenvalue weighted by Crippen LogP contribution is 2.29. The van der Waals surface area contributed by atoms with Crippen LogP contribution >= 0.6 is 27.7 Å². The second-order valence-electron chi connectivity index (χ2n) is 5.94. The highest BCUT2D eigenvalue weighted by Gasteiger charge is 2.27. The maximum atomic E-state index is 12.1. The molecule has 0 aliphatic carbocycles. The summed E-state index contributed by atoms with van der Waals surface area (Å²) in [5, 5.41) is 0. The summed E-state index contributed by atoms with van der Waals surface area (Å²) < 4.78 is 0.551. The maximum Gasteiger partial charge on any atom is 0.265 e. The average Bonchev–Trinajstić information content (AvgIpc) is 2.31. The summed E-state index contributed by atoms with van der Waals surface area (Å²) in [6.45, 7) is 7.24. The second-order valence-corrected chi connectivity index (χ2v) is 7.88. The molecular formula is C13H20BrN3OS. The Morgan fingerprint density at radius 1 is 1.47 bits per heavy atom. The van der Waals surface area contributed by atoms with E-state index in [0.29, 0.717) is 4.47 Å². The van der Waals surface area contributed by atoms with Gasteiger partial charge in [0.15, 0.2) is 0 Å². The summed E-state index contributed by atoms with van der Waals surface area (Å²) in [7, 11) is 2.09. The molecule has 1 aliphatic rings. The van der Waals surface area contributed by atoms with Crippen molar-refractivity contribution in [2.24, 2.45) is 0 Å². The van der Waals surface area contributed by atoms with Crippen LogP contribution in [0, 0.1) is 0 Å². The molecule has 1 atom stereocenters. The second kappa shape index (κ2) is 5.58. The van der Waals surface area contributed by atoms with E-state index in [-0.39, 0.29) is 17.0 Å². The predicted molar refractivity (Wildman–Crippen MR) is 84.0 cm³/mol. The van der Waals surface area contributed by atoms with Gasteiger partial charge in [-0.15, -0.1) is 0 Å². The van der Waals surface area contributed by atoms with Crippen molar-refractivity contribution in [2.45, 2.75) is 32.2 Å². The first kappa shape index (κ1) is 15.1. The van der Waals surface area contributed by atoms with Gasteiger partial charge in [0.1, 0.15) is 10.3 Å². The van der Waals surface area contributed by atoms with E-state index in [1.807, 2.05) is 11.8 Å².